The third-order valence-electron chi connectivity index (χ3n) is 3.96. The minimum atomic E-state index is 0. The van der Waals surface area contributed by atoms with Gasteiger partial charge < -0.3 is 33.2 Å². The molecule has 0 N–H and O–H groups in total. The number of hydrogen-bond acceptors (Lipinski definition) is 2. The first kappa shape index (κ1) is 13.2. The number of fused-ring (bicyclic) bond motifs is 3. The van der Waals surface area contributed by atoms with E-state index in [0.717, 1.165) is 29.9 Å². The van der Waals surface area contributed by atoms with Crippen LogP contribution in [-0.2, 0) is 9.53 Å². The molecule has 4 heteroatoms. The molecule has 0 aromatic rings. The van der Waals surface area contributed by atoms with E-state index in [1.807, 2.05) is 6.92 Å². The molecule has 88 valence electrons. The van der Waals surface area contributed by atoms with Crippen molar-refractivity contribution >= 4 is 5.97 Å². The highest BCUT2D eigenvalue weighted by Crippen LogP contribution is 2.37. The van der Waals surface area contributed by atoms with Gasteiger partial charge in [0.05, 0.1) is 26.7 Å². The predicted octanol–water partition coefficient (Wildman–Crippen LogP) is -1.82. The number of piperidine rings is 3. The summed E-state index contributed by atoms with van der Waals surface area (Å²) in [6.45, 7) is 4.72. The van der Waals surface area contributed by atoms with Crippen molar-refractivity contribution in [2.75, 3.05) is 26.7 Å². The van der Waals surface area contributed by atoms with Gasteiger partial charge in [0.1, 0.15) is 0 Å². The lowest BCUT2D eigenvalue weighted by Gasteiger charge is -2.50. The summed E-state index contributed by atoms with van der Waals surface area (Å²) in [7, 11) is 2.21. The molecule has 3 heterocycles. The Bertz CT molecular complexity index is 237. The summed E-state index contributed by atoms with van der Waals surface area (Å²) in [4.78, 5) is 11.8. The van der Waals surface area contributed by atoms with Crippen molar-refractivity contribution in [2.45, 2.75) is 32.2 Å². The van der Waals surface area contributed by atoms with Gasteiger partial charge in [0.2, 0.25) is 0 Å². The minimum Gasteiger partial charge on any atom is -1.00 e. The standard InChI is InChI=1S/C11H20NO2.HI/c1-3-14-11(13)10-8-9-4-6-12(10,2)7-5-9;/h9-10H,3-8H2,1-2H3;1H/q+1;/p-1. The second-order valence-corrected chi connectivity index (χ2v) is 4.87. The normalized spacial score (nSPS) is 38.3. The van der Waals surface area contributed by atoms with Gasteiger partial charge in [-0.1, -0.05) is 0 Å². The van der Waals surface area contributed by atoms with Gasteiger partial charge in [-0.05, 0) is 25.7 Å². The summed E-state index contributed by atoms with van der Waals surface area (Å²) in [5, 5.41) is 0. The third kappa shape index (κ3) is 2.46. The number of esters is 1. The Hall–Kier alpha value is 0.160. The van der Waals surface area contributed by atoms with Gasteiger partial charge in [-0.3, -0.25) is 0 Å². The fourth-order valence-corrected chi connectivity index (χ4v) is 2.92. The summed E-state index contributed by atoms with van der Waals surface area (Å²) in [5.74, 6) is 0.809. The number of halogens is 1. The van der Waals surface area contributed by atoms with Gasteiger partial charge in [-0.2, -0.15) is 0 Å². The molecule has 2 bridgehead atoms. The highest BCUT2D eigenvalue weighted by atomic mass is 127. The van der Waals surface area contributed by atoms with Crippen LogP contribution in [0.1, 0.15) is 26.2 Å². The maximum Gasteiger partial charge on any atom is 0.364 e. The number of hydrogen-bond donors (Lipinski definition) is 0. The van der Waals surface area contributed by atoms with E-state index in [2.05, 4.69) is 7.05 Å². The lowest BCUT2D eigenvalue weighted by Crippen LogP contribution is -3.00. The van der Waals surface area contributed by atoms with Crippen molar-refractivity contribution in [1.29, 1.82) is 0 Å². The SMILES string of the molecule is CCOC(=O)C1CC2CC[N+]1(C)CC2.[I-]. The molecule has 0 saturated carbocycles. The molecule has 0 radical (unpaired) electrons. The molecule has 0 aromatic carbocycles. The number of likely N-dealkylation sites (N-methyl/N-ethyl adjacent to an activating group) is 1. The van der Waals surface area contributed by atoms with Crippen LogP contribution >= 0.6 is 0 Å². The molecule has 0 aliphatic carbocycles. The molecule has 15 heavy (non-hydrogen) atoms. The van der Waals surface area contributed by atoms with Crippen molar-refractivity contribution < 1.29 is 38.0 Å². The quantitative estimate of drug-likeness (QED) is 0.340. The maximum absolute atomic E-state index is 11.8. The van der Waals surface area contributed by atoms with Crippen molar-refractivity contribution in [3.8, 4) is 0 Å². The molecule has 1 atom stereocenters. The molecule has 0 aromatic heterocycles. The maximum atomic E-state index is 11.8. The zero-order valence-corrected chi connectivity index (χ0v) is 11.7. The van der Waals surface area contributed by atoms with Crippen LogP contribution in [-0.4, -0.2) is 43.2 Å². The highest BCUT2D eigenvalue weighted by Gasteiger charge is 2.48. The third-order valence-corrected chi connectivity index (χ3v) is 3.96. The average Bonchev–Trinajstić information content (AvgIpc) is 2.18. The van der Waals surface area contributed by atoms with E-state index in [0.29, 0.717) is 6.61 Å². The van der Waals surface area contributed by atoms with Gasteiger partial charge in [-0.25, -0.2) is 4.79 Å². The van der Waals surface area contributed by atoms with E-state index in [1.165, 1.54) is 12.8 Å². The van der Waals surface area contributed by atoms with Gasteiger partial charge in [0.25, 0.3) is 0 Å². The first-order valence-corrected chi connectivity index (χ1v) is 5.66. The van der Waals surface area contributed by atoms with E-state index >= 15 is 0 Å². The summed E-state index contributed by atoms with van der Waals surface area (Å²) in [5.41, 5.74) is 0. The van der Waals surface area contributed by atoms with Crippen LogP contribution in [0.15, 0.2) is 0 Å². The van der Waals surface area contributed by atoms with Crippen molar-refractivity contribution in [3.05, 3.63) is 0 Å². The fraction of sp³-hybridized carbons (Fsp3) is 0.909. The van der Waals surface area contributed by atoms with Crippen LogP contribution < -0.4 is 24.0 Å². The average molecular weight is 325 g/mol. The largest absolute Gasteiger partial charge is 1.00 e. The van der Waals surface area contributed by atoms with Crippen LogP contribution in [0.5, 0.6) is 0 Å². The van der Waals surface area contributed by atoms with Crippen LogP contribution in [0.25, 0.3) is 0 Å². The molecule has 3 saturated heterocycles. The van der Waals surface area contributed by atoms with E-state index in [9.17, 15) is 4.79 Å². The summed E-state index contributed by atoms with van der Waals surface area (Å²) >= 11 is 0. The van der Waals surface area contributed by atoms with Gasteiger partial charge >= 0.3 is 5.97 Å². The topological polar surface area (TPSA) is 26.3 Å². The molecule has 3 nitrogen and oxygen atoms in total. The second kappa shape index (κ2) is 4.99. The Balaban J connectivity index is 0.00000112. The lowest BCUT2D eigenvalue weighted by atomic mass is 9.81. The molecule has 0 amide bonds. The van der Waals surface area contributed by atoms with Crippen molar-refractivity contribution in [3.63, 3.8) is 0 Å². The first-order valence-electron chi connectivity index (χ1n) is 5.66. The zero-order chi connectivity index (χ0) is 10.2. The zero-order valence-electron chi connectivity index (χ0n) is 9.54. The van der Waals surface area contributed by atoms with Gasteiger partial charge in [0, 0.05) is 6.42 Å². The minimum absolute atomic E-state index is 0. The Morgan fingerprint density at radius 3 is 2.47 bits per heavy atom. The molecule has 1 unspecified atom stereocenters. The first-order chi connectivity index (χ1) is 6.65. The molecular formula is C11H20INO2. The van der Waals surface area contributed by atoms with Crippen LogP contribution in [0.3, 0.4) is 0 Å². The molecular weight excluding hydrogens is 305 g/mol. The number of carbonyl (C=O) groups is 1. The van der Waals surface area contributed by atoms with Crippen molar-refractivity contribution in [2.24, 2.45) is 5.92 Å². The van der Waals surface area contributed by atoms with E-state index in [-0.39, 0.29) is 36.0 Å². The summed E-state index contributed by atoms with van der Waals surface area (Å²) in [6, 6.07) is 0.127. The van der Waals surface area contributed by atoms with Crippen LogP contribution in [0.4, 0.5) is 0 Å². The highest BCUT2D eigenvalue weighted by molar-refractivity contribution is 5.74. The van der Waals surface area contributed by atoms with Crippen LogP contribution in [0, 0.1) is 5.92 Å². The number of ether oxygens (including phenoxy) is 1. The van der Waals surface area contributed by atoms with Crippen molar-refractivity contribution in [1.82, 2.24) is 0 Å². The van der Waals surface area contributed by atoms with Gasteiger partial charge in [0.15, 0.2) is 6.04 Å². The van der Waals surface area contributed by atoms with Gasteiger partial charge in [-0.15, -0.1) is 0 Å². The number of quaternary nitrogens is 1. The smallest absolute Gasteiger partial charge is 0.364 e. The fourth-order valence-electron chi connectivity index (χ4n) is 2.92. The molecule has 3 aliphatic heterocycles. The number of nitrogens with zero attached hydrogens (tertiary/aromatic N) is 1. The number of carbonyl (C=O) groups excluding carboxylic acids is 1. The van der Waals surface area contributed by atoms with Crippen LogP contribution in [0.2, 0.25) is 0 Å². The monoisotopic (exact) mass is 325 g/mol. The van der Waals surface area contributed by atoms with E-state index < -0.39 is 0 Å². The molecule has 3 fully saturated rings. The predicted molar refractivity (Wildman–Crippen MR) is 53.7 cm³/mol. The molecule has 3 rings (SSSR count). The lowest BCUT2D eigenvalue weighted by molar-refractivity contribution is -0.940. The Morgan fingerprint density at radius 1 is 1.40 bits per heavy atom. The van der Waals surface area contributed by atoms with E-state index in [4.69, 9.17) is 4.74 Å². The Kier molecular flexibility index (Phi) is 4.40. The summed E-state index contributed by atoms with van der Waals surface area (Å²) in [6.07, 6.45) is 3.65. The summed E-state index contributed by atoms with van der Waals surface area (Å²) < 4.78 is 6.07. The number of rotatable bonds is 2. The van der Waals surface area contributed by atoms with E-state index in [1.54, 1.807) is 0 Å². The second-order valence-electron chi connectivity index (χ2n) is 4.87. The Morgan fingerprint density at radius 2 is 2.00 bits per heavy atom. The Labute approximate surface area is 109 Å². The molecule has 0 spiro atoms. The molecule has 3 aliphatic rings.